The van der Waals surface area contributed by atoms with Crippen LogP contribution in [0, 0.1) is 0 Å². The van der Waals surface area contributed by atoms with Gasteiger partial charge in [0.1, 0.15) is 5.54 Å². The highest BCUT2D eigenvalue weighted by atomic mass is 32.2. The Morgan fingerprint density at radius 2 is 2.14 bits per heavy atom. The fourth-order valence-corrected chi connectivity index (χ4v) is 3.32. The summed E-state index contributed by atoms with van der Waals surface area (Å²) in [7, 11) is 0. The second-order valence-electron chi connectivity index (χ2n) is 5.55. The van der Waals surface area contributed by atoms with Gasteiger partial charge in [0.2, 0.25) is 0 Å². The molecule has 7 nitrogen and oxygen atoms in total. The largest absolute Gasteiger partial charge is 0.465 e. The van der Waals surface area contributed by atoms with Gasteiger partial charge in [-0.15, -0.1) is 5.10 Å². The molecular weight excluding hydrogens is 292 g/mol. The molecule has 0 saturated heterocycles. The first-order valence-corrected chi connectivity index (χ1v) is 7.86. The van der Waals surface area contributed by atoms with Crippen molar-refractivity contribution in [3.05, 3.63) is 10.5 Å². The third kappa shape index (κ3) is 4.60. The van der Waals surface area contributed by atoms with Crippen LogP contribution >= 0.6 is 11.8 Å². The number of hydrogen-bond donors (Lipinski definition) is 2. The van der Waals surface area contributed by atoms with Gasteiger partial charge in [0.05, 0.1) is 6.61 Å². The molecule has 0 aliphatic carbocycles. The van der Waals surface area contributed by atoms with Gasteiger partial charge in [-0.25, -0.2) is 9.89 Å². The topological polar surface area (TPSA) is 103 Å². The number of thioether (sulfide) groups is 1. The molecule has 0 aliphatic rings. The fourth-order valence-electron chi connectivity index (χ4n) is 2.03. The third-order valence-electron chi connectivity index (χ3n) is 2.95. The number of nitrogens with zero attached hydrogens (tertiary/aromatic N) is 2. The van der Waals surface area contributed by atoms with E-state index in [0.717, 1.165) is 0 Å². The van der Waals surface area contributed by atoms with Crippen LogP contribution in [-0.2, 0) is 9.53 Å². The molecule has 8 heteroatoms. The van der Waals surface area contributed by atoms with Gasteiger partial charge in [0.15, 0.2) is 5.16 Å². The molecule has 0 saturated carbocycles. The van der Waals surface area contributed by atoms with Crippen molar-refractivity contribution in [3.8, 4) is 0 Å². The molecule has 3 N–H and O–H groups in total. The molecule has 0 radical (unpaired) electrons. The van der Waals surface area contributed by atoms with Crippen LogP contribution in [0.15, 0.2) is 9.95 Å². The molecule has 2 atom stereocenters. The zero-order valence-electron chi connectivity index (χ0n) is 13.2. The Kier molecular flexibility index (Phi) is 6.03. The van der Waals surface area contributed by atoms with Gasteiger partial charge in [0.25, 0.3) is 0 Å². The number of H-pyrrole nitrogens is 1. The number of esters is 1. The summed E-state index contributed by atoms with van der Waals surface area (Å²) in [6.07, 6.45) is 0.426. The van der Waals surface area contributed by atoms with Crippen LogP contribution in [0.5, 0.6) is 0 Å². The summed E-state index contributed by atoms with van der Waals surface area (Å²) in [5.74, 6) is -0.416. The maximum absolute atomic E-state index is 11.8. The predicted molar refractivity (Wildman–Crippen MR) is 82.4 cm³/mol. The van der Waals surface area contributed by atoms with Crippen molar-refractivity contribution >= 4 is 17.7 Å². The highest BCUT2D eigenvalue weighted by molar-refractivity contribution is 7.99. The van der Waals surface area contributed by atoms with Crippen molar-refractivity contribution in [1.82, 2.24) is 14.8 Å². The number of nitrogens with two attached hydrogens (primary N) is 1. The molecule has 0 aromatic carbocycles. The van der Waals surface area contributed by atoms with Gasteiger partial charge in [-0.1, -0.05) is 18.7 Å². The van der Waals surface area contributed by atoms with E-state index in [1.807, 2.05) is 20.8 Å². The molecule has 0 fully saturated rings. The molecule has 1 rings (SSSR count). The number of carbonyl (C=O) groups is 1. The summed E-state index contributed by atoms with van der Waals surface area (Å²) >= 11 is 1.41. The van der Waals surface area contributed by atoms with Crippen LogP contribution in [0.25, 0.3) is 0 Å². The Bertz CT molecular complexity index is 536. The van der Waals surface area contributed by atoms with Crippen LogP contribution in [0.3, 0.4) is 0 Å². The van der Waals surface area contributed by atoms with E-state index in [9.17, 15) is 9.59 Å². The molecule has 21 heavy (non-hydrogen) atoms. The zero-order valence-corrected chi connectivity index (χ0v) is 14.0. The number of rotatable bonds is 7. The number of aromatic nitrogens is 3. The molecule has 2 unspecified atom stereocenters. The predicted octanol–water partition coefficient (Wildman–Crippen LogP) is 1.30. The first kappa shape index (κ1) is 17.8. The van der Waals surface area contributed by atoms with E-state index in [1.54, 1.807) is 18.4 Å². The molecule has 120 valence electrons. The number of aromatic amines is 1. The van der Waals surface area contributed by atoms with Crippen LogP contribution < -0.4 is 11.4 Å². The fraction of sp³-hybridized carbons (Fsp3) is 0.769. The first-order valence-electron chi connectivity index (χ1n) is 6.98. The highest BCUT2D eigenvalue weighted by Gasteiger charge is 2.32. The highest BCUT2D eigenvalue weighted by Crippen LogP contribution is 2.27. The molecule has 0 bridgehead atoms. The van der Waals surface area contributed by atoms with Crippen molar-refractivity contribution in [3.63, 3.8) is 0 Å². The molecule has 0 spiro atoms. The molecule has 0 aliphatic heterocycles. The van der Waals surface area contributed by atoms with Crippen molar-refractivity contribution in [2.24, 2.45) is 5.73 Å². The minimum atomic E-state index is -1.05. The van der Waals surface area contributed by atoms with E-state index in [0.29, 0.717) is 18.2 Å². The standard InChI is InChI=1S/C13H24N4O3S/c1-6-20-10(18)13(5,14)7-9(4)21-12-16-15-11(19)17(12)8(2)3/h8-9H,6-7,14H2,1-5H3,(H,15,19). The lowest BCUT2D eigenvalue weighted by molar-refractivity contribution is -0.149. The Morgan fingerprint density at radius 1 is 1.52 bits per heavy atom. The lowest BCUT2D eigenvalue weighted by Gasteiger charge is -2.25. The van der Waals surface area contributed by atoms with Gasteiger partial charge in [-0.3, -0.25) is 9.36 Å². The minimum Gasteiger partial charge on any atom is -0.465 e. The van der Waals surface area contributed by atoms with E-state index in [2.05, 4.69) is 10.2 Å². The van der Waals surface area contributed by atoms with Crippen LogP contribution in [0.4, 0.5) is 0 Å². The maximum Gasteiger partial charge on any atom is 0.344 e. The van der Waals surface area contributed by atoms with Gasteiger partial charge in [0, 0.05) is 11.3 Å². The Hall–Kier alpha value is -1.28. The SMILES string of the molecule is CCOC(=O)C(C)(N)CC(C)Sc1n[nH]c(=O)n1C(C)C. The van der Waals surface area contributed by atoms with Gasteiger partial charge in [-0.2, -0.15) is 0 Å². The molecule has 1 aromatic heterocycles. The maximum atomic E-state index is 11.8. The molecule has 1 heterocycles. The average molecular weight is 316 g/mol. The van der Waals surface area contributed by atoms with Crippen LogP contribution in [0.1, 0.15) is 47.1 Å². The lowest BCUT2D eigenvalue weighted by Crippen LogP contribution is -2.47. The third-order valence-corrected chi connectivity index (χ3v) is 4.02. The Morgan fingerprint density at radius 3 is 2.67 bits per heavy atom. The Labute approximate surface area is 128 Å². The second kappa shape index (κ2) is 7.13. The lowest BCUT2D eigenvalue weighted by atomic mass is 9.98. The van der Waals surface area contributed by atoms with E-state index >= 15 is 0 Å². The zero-order chi connectivity index (χ0) is 16.2. The van der Waals surface area contributed by atoms with Crippen molar-refractivity contribution in [1.29, 1.82) is 0 Å². The van der Waals surface area contributed by atoms with Crippen LogP contribution in [0.2, 0.25) is 0 Å². The monoisotopic (exact) mass is 316 g/mol. The van der Waals surface area contributed by atoms with E-state index < -0.39 is 11.5 Å². The van der Waals surface area contributed by atoms with E-state index in [-0.39, 0.29) is 17.0 Å². The summed E-state index contributed by atoms with van der Waals surface area (Å²) in [4.78, 5) is 23.5. The van der Waals surface area contributed by atoms with E-state index in [1.165, 1.54) is 11.8 Å². The van der Waals surface area contributed by atoms with Crippen molar-refractivity contribution in [2.45, 2.75) is 63.0 Å². The molecule has 0 amide bonds. The van der Waals surface area contributed by atoms with Crippen molar-refractivity contribution < 1.29 is 9.53 Å². The average Bonchev–Trinajstić information content (AvgIpc) is 2.69. The summed E-state index contributed by atoms with van der Waals surface area (Å²) in [6.45, 7) is 9.48. The van der Waals surface area contributed by atoms with E-state index in [4.69, 9.17) is 10.5 Å². The number of carbonyl (C=O) groups excluding carboxylic acids is 1. The van der Waals surface area contributed by atoms with Gasteiger partial charge in [-0.05, 0) is 34.1 Å². The minimum absolute atomic E-state index is 0.0112. The summed E-state index contributed by atoms with van der Waals surface area (Å²) in [6, 6.07) is 0.0141. The molecule has 1 aromatic rings. The number of ether oxygens (including phenoxy) is 1. The van der Waals surface area contributed by atoms with Gasteiger partial charge >= 0.3 is 11.7 Å². The number of nitrogens with one attached hydrogen (secondary N) is 1. The summed E-state index contributed by atoms with van der Waals surface area (Å²) in [5, 5.41) is 7.07. The summed E-state index contributed by atoms with van der Waals surface area (Å²) in [5.41, 5.74) is 4.73. The number of hydrogen-bond acceptors (Lipinski definition) is 6. The van der Waals surface area contributed by atoms with Crippen molar-refractivity contribution in [2.75, 3.05) is 6.61 Å². The van der Waals surface area contributed by atoms with Gasteiger partial charge < -0.3 is 10.5 Å². The quantitative estimate of drug-likeness (QED) is 0.580. The normalized spacial score (nSPS) is 15.8. The smallest absolute Gasteiger partial charge is 0.344 e. The molecular formula is C13H24N4O3S. The second-order valence-corrected chi connectivity index (χ2v) is 6.95. The van der Waals surface area contributed by atoms with Crippen LogP contribution in [-0.4, -0.2) is 38.1 Å². The Balaban J connectivity index is 2.76. The first-order chi connectivity index (χ1) is 9.69. The summed E-state index contributed by atoms with van der Waals surface area (Å²) < 4.78 is 6.56.